The van der Waals surface area contributed by atoms with Gasteiger partial charge in [-0.05, 0) is 53.2 Å². The van der Waals surface area contributed by atoms with Crippen molar-refractivity contribution in [1.82, 2.24) is 4.31 Å². The molecule has 1 aliphatic rings. The lowest BCUT2D eigenvalue weighted by Gasteiger charge is -2.36. The number of halogens is 1. The van der Waals surface area contributed by atoms with E-state index in [4.69, 9.17) is 5.73 Å². The molecule has 1 fully saturated rings. The van der Waals surface area contributed by atoms with Crippen molar-refractivity contribution in [2.24, 2.45) is 11.7 Å². The van der Waals surface area contributed by atoms with E-state index in [1.807, 2.05) is 6.92 Å². The highest BCUT2D eigenvalue weighted by molar-refractivity contribution is 9.11. The van der Waals surface area contributed by atoms with Crippen LogP contribution in [0.5, 0.6) is 0 Å². The molecule has 2 atom stereocenters. The van der Waals surface area contributed by atoms with E-state index in [-0.39, 0.29) is 6.04 Å². The SMILES string of the molecule is Cc1cc(S(=O)(=O)N2CCC(C)CC2CN)sc1Br. The first-order valence-corrected chi connectivity index (χ1v) is 9.39. The van der Waals surface area contributed by atoms with Crippen molar-refractivity contribution in [2.75, 3.05) is 13.1 Å². The maximum absolute atomic E-state index is 12.7. The lowest BCUT2D eigenvalue weighted by molar-refractivity contribution is 0.211. The van der Waals surface area contributed by atoms with Crippen LogP contribution in [0.3, 0.4) is 0 Å². The molecule has 0 saturated carbocycles. The van der Waals surface area contributed by atoms with Gasteiger partial charge in [-0.1, -0.05) is 6.92 Å². The van der Waals surface area contributed by atoms with Crippen LogP contribution in [0.15, 0.2) is 14.1 Å². The highest BCUT2D eigenvalue weighted by atomic mass is 79.9. The zero-order valence-corrected chi connectivity index (χ0v) is 14.3. The predicted molar refractivity (Wildman–Crippen MR) is 81.9 cm³/mol. The van der Waals surface area contributed by atoms with Crippen LogP contribution >= 0.6 is 27.3 Å². The molecular formula is C12H19BrN2O2S2. The number of sulfonamides is 1. The predicted octanol–water partition coefficient (Wildman–Crippen LogP) is 2.57. The molecule has 0 bridgehead atoms. The standard InChI is InChI=1S/C12H19BrN2O2S2/c1-8-3-4-15(10(5-8)7-14)19(16,17)11-6-9(2)12(13)18-11/h6,8,10H,3-5,7,14H2,1-2H3. The molecule has 0 aliphatic carbocycles. The fourth-order valence-corrected chi connectivity index (χ4v) is 6.45. The van der Waals surface area contributed by atoms with Crippen LogP contribution in [-0.2, 0) is 10.0 Å². The van der Waals surface area contributed by atoms with Crippen LogP contribution in [0.25, 0.3) is 0 Å². The van der Waals surface area contributed by atoms with E-state index in [2.05, 4.69) is 22.9 Å². The van der Waals surface area contributed by atoms with Crippen molar-refractivity contribution in [1.29, 1.82) is 0 Å². The molecule has 1 saturated heterocycles. The van der Waals surface area contributed by atoms with Crippen LogP contribution in [-0.4, -0.2) is 31.9 Å². The zero-order valence-electron chi connectivity index (χ0n) is 11.1. The molecule has 19 heavy (non-hydrogen) atoms. The van der Waals surface area contributed by atoms with E-state index in [0.717, 1.165) is 22.2 Å². The average Bonchev–Trinajstić information content (AvgIpc) is 2.70. The summed E-state index contributed by atoms with van der Waals surface area (Å²) in [5.41, 5.74) is 6.71. The van der Waals surface area contributed by atoms with Gasteiger partial charge in [0, 0.05) is 19.1 Å². The average molecular weight is 367 g/mol. The molecule has 1 aromatic rings. The Labute approximate surface area is 127 Å². The monoisotopic (exact) mass is 366 g/mol. The molecule has 0 radical (unpaired) electrons. The summed E-state index contributed by atoms with van der Waals surface area (Å²) >= 11 is 4.66. The second kappa shape index (κ2) is 5.81. The van der Waals surface area contributed by atoms with E-state index in [1.54, 1.807) is 10.4 Å². The highest BCUT2D eigenvalue weighted by Crippen LogP contribution is 2.35. The molecule has 2 unspecified atom stereocenters. The fourth-order valence-electron chi connectivity index (χ4n) is 2.43. The van der Waals surface area contributed by atoms with Crippen molar-refractivity contribution in [3.8, 4) is 0 Å². The minimum atomic E-state index is -3.41. The van der Waals surface area contributed by atoms with Crippen LogP contribution in [0, 0.1) is 12.8 Å². The van der Waals surface area contributed by atoms with E-state index in [0.29, 0.717) is 23.2 Å². The largest absolute Gasteiger partial charge is 0.329 e. The lowest BCUT2D eigenvalue weighted by Crippen LogP contribution is -2.48. The van der Waals surface area contributed by atoms with Gasteiger partial charge in [0.1, 0.15) is 4.21 Å². The Morgan fingerprint density at radius 3 is 2.79 bits per heavy atom. The zero-order chi connectivity index (χ0) is 14.2. The van der Waals surface area contributed by atoms with Gasteiger partial charge in [0.05, 0.1) is 3.79 Å². The summed E-state index contributed by atoms with van der Waals surface area (Å²) in [6.07, 6.45) is 1.75. The van der Waals surface area contributed by atoms with Gasteiger partial charge < -0.3 is 5.73 Å². The topological polar surface area (TPSA) is 63.4 Å². The molecular weight excluding hydrogens is 348 g/mol. The molecule has 0 amide bonds. The first kappa shape index (κ1) is 15.4. The lowest BCUT2D eigenvalue weighted by atomic mass is 9.94. The number of hydrogen-bond donors (Lipinski definition) is 1. The number of nitrogens with zero attached hydrogens (tertiary/aromatic N) is 1. The maximum atomic E-state index is 12.7. The number of hydrogen-bond acceptors (Lipinski definition) is 4. The van der Waals surface area contributed by atoms with Crippen LogP contribution in [0.1, 0.15) is 25.3 Å². The van der Waals surface area contributed by atoms with Crippen LogP contribution < -0.4 is 5.73 Å². The van der Waals surface area contributed by atoms with Crippen molar-refractivity contribution in [2.45, 2.75) is 36.9 Å². The van der Waals surface area contributed by atoms with E-state index < -0.39 is 10.0 Å². The minimum Gasteiger partial charge on any atom is -0.329 e. The molecule has 2 rings (SSSR count). The Morgan fingerprint density at radius 2 is 2.26 bits per heavy atom. The van der Waals surface area contributed by atoms with Gasteiger partial charge in [0.2, 0.25) is 0 Å². The van der Waals surface area contributed by atoms with Gasteiger partial charge in [-0.15, -0.1) is 11.3 Å². The highest BCUT2D eigenvalue weighted by Gasteiger charge is 2.35. The first-order chi connectivity index (χ1) is 8.86. The van der Waals surface area contributed by atoms with Crippen LogP contribution in [0.4, 0.5) is 0 Å². The second-order valence-electron chi connectivity index (χ2n) is 5.16. The molecule has 1 aliphatic heterocycles. The van der Waals surface area contributed by atoms with Crippen molar-refractivity contribution < 1.29 is 8.42 Å². The summed E-state index contributed by atoms with van der Waals surface area (Å²) < 4.78 is 28.2. The molecule has 1 aromatic heterocycles. The van der Waals surface area contributed by atoms with E-state index >= 15 is 0 Å². The molecule has 2 N–H and O–H groups in total. The van der Waals surface area contributed by atoms with E-state index in [9.17, 15) is 8.42 Å². The molecule has 108 valence electrons. The Hall–Kier alpha value is 0.0500. The number of piperidine rings is 1. The summed E-state index contributed by atoms with van der Waals surface area (Å²) in [6, 6.07) is 1.66. The van der Waals surface area contributed by atoms with Crippen molar-refractivity contribution >= 4 is 37.3 Å². The van der Waals surface area contributed by atoms with Gasteiger partial charge in [-0.2, -0.15) is 4.31 Å². The summed E-state index contributed by atoms with van der Waals surface area (Å²) in [7, 11) is -3.41. The molecule has 0 spiro atoms. The van der Waals surface area contributed by atoms with Crippen LogP contribution in [0.2, 0.25) is 0 Å². The Balaban J connectivity index is 2.33. The van der Waals surface area contributed by atoms with Gasteiger partial charge >= 0.3 is 0 Å². The quantitative estimate of drug-likeness (QED) is 0.893. The third-order valence-electron chi connectivity index (χ3n) is 3.59. The Morgan fingerprint density at radius 1 is 1.58 bits per heavy atom. The maximum Gasteiger partial charge on any atom is 0.252 e. The van der Waals surface area contributed by atoms with Gasteiger partial charge in [0.25, 0.3) is 10.0 Å². The fraction of sp³-hybridized carbons (Fsp3) is 0.667. The molecule has 7 heteroatoms. The number of rotatable bonds is 3. The van der Waals surface area contributed by atoms with Gasteiger partial charge in [-0.3, -0.25) is 0 Å². The Kier molecular flexibility index (Phi) is 4.72. The molecule has 0 aromatic carbocycles. The van der Waals surface area contributed by atoms with Crippen molar-refractivity contribution in [3.05, 3.63) is 15.4 Å². The summed E-state index contributed by atoms with van der Waals surface area (Å²) in [6.45, 7) is 5.01. The number of aryl methyl sites for hydroxylation is 1. The Bertz CT molecular complexity index is 537. The molecule has 4 nitrogen and oxygen atoms in total. The van der Waals surface area contributed by atoms with E-state index in [1.165, 1.54) is 11.3 Å². The number of nitrogens with two attached hydrogens (primary N) is 1. The second-order valence-corrected chi connectivity index (χ2v) is 9.64. The minimum absolute atomic E-state index is 0.0741. The summed E-state index contributed by atoms with van der Waals surface area (Å²) in [5.74, 6) is 0.539. The third-order valence-corrected chi connectivity index (χ3v) is 8.13. The summed E-state index contributed by atoms with van der Waals surface area (Å²) in [5, 5.41) is 0. The van der Waals surface area contributed by atoms with Gasteiger partial charge in [0.15, 0.2) is 0 Å². The van der Waals surface area contributed by atoms with Crippen molar-refractivity contribution in [3.63, 3.8) is 0 Å². The summed E-state index contributed by atoms with van der Waals surface area (Å²) in [4.78, 5) is 0. The smallest absolute Gasteiger partial charge is 0.252 e. The third kappa shape index (κ3) is 3.05. The normalized spacial score (nSPS) is 25.7. The molecule has 2 heterocycles. The van der Waals surface area contributed by atoms with Gasteiger partial charge in [-0.25, -0.2) is 8.42 Å². The first-order valence-electron chi connectivity index (χ1n) is 6.34. The number of thiophene rings is 1.